The number of halogens is 1. The molecule has 1 aromatic rings. The first-order valence-electron chi connectivity index (χ1n) is 6.99. The molecule has 1 fully saturated rings. The molecule has 0 aromatic heterocycles. The molecule has 114 valence electrons. The summed E-state index contributed by atoms with van der Waals surface area (Å²) in [4.78, 5) is 24.9. The van der Waals surface area contributed by atoms with E-state index < -0.39 is 29.8 Å². The fourth-order valence-electron chi connectivity index (χ4n) is 2.47. The summed E-state index contributed by atoms with van der Waals surface area (Å²) in [5.74, 6) is -1.95. The third kappa shape index (κ3) is 3.32. The Balaban J connectivity index is 2.12. The molecule has 0 aliphatic carbocycles. The standard InChI is InChI=1S/C15H18FNO4/c1-2-12(21-13-8-4-3-6-10(13)16)14(18)17-9-5-7-11(17)15(19)20/h3-4,6,8,11-12H,2,5,7,9H2,1H3,(H,19,20)/t11-,12?/m1/s1. The van der Waals surface area contributed by atoms with Crippen molar-refractivity contribution in [2.24, 2.45) is 0 Å². The quantitative estimate of drug-likeness (QED) is 0.903. The highest BCUT2D eigenvalue weighted by atomic mass is 19.1. The molecule has 2 atom stereocenters. The summed E-state index contributed by atoms with van der Waals surface area (Å²) in [6.07, 6.45) is 0.563. The van der Waals surface area contributed by atoms with E-state index in [1.807, 2.05) is 0 Å². The fraction of sp³-hybridized carbons (Fsp3) is 0.467. The number of carboxylic acids is 1. The van der Waals surface area contributed by atoms with E-state index in [1.54, 1.807) is 13.0 Å². The van der Waals surface area contributed by atoms with Crippen LogP contribution in [0.2, 0.25) is 0 Å². The van der Waals surface area contributed by atoms with Crippen LogP contribution < -0.4 is 4.74 Å². The largest absolute Gasteiger partial charge is 0.480 e. The molecule has 1 aliphatic rings. The summed E-state index contributed by atoms with van der Waals surface area (Å²) in [6.45, 7) is 2.14. The second-order valence-electron chi connectivity index (χ2n) is 4.97. The predicted octanol–water partition coefficient (Wildman–Crippen LogP) is 2.06. The van der Waals surface area contributed by atoms with Crippen molar-refractivity contribution in [1.82, 2.24) is 4.90 Å². The van der Waals surface area contributed by atoms with E-state index in [0.29, 0.717) is 25.8 Å². The van der Waals surface area contributed by atoms with E-state index in [4.69, 9.17) is 9.84 Å². The van der Waals surface area contributed by atoms with Crippen molar-refractivity contribution in [3.63, 3.8) is 0 Å². The van der Waals surface area contributed by atoms with Crippen LogP contribution in [0.1, 0.15) is 26.2 Å². The monoisotopic (exact) mass is 295 g/mol. The molecule has 1 N–H and O–H groups in total. The van der Waals surface area contributed by atoms with Crippen LogP contribution in [-0.2, 0) is 9.59 Å². The average Bonchev–Trinajstić information content (AvgIpc) is 2.95. The second kappa shape index (κ2) is 6.56. The summed E-state index contributed by atoms with van der Waals surface area (Å²) >= 11 is 0. The number of carboxylic acid groups (broad SMARTS) is 1. The zero-order valence-electron chi connectivity index (χ0n) is 11.8. The van der Waals surface area contributed by atoms with Crippen LogP contribution in [0.15, 0.2) is 24.3 Å². The molecule has 1 saturated heterocycles. The summed E-state index contributed by atoms with van der Waals surface area (Å²) in [5, 5.41) is 9.13. The maximum absolute atomic E-state index is 13.6. The van der Waals surface area contributed by atoms with E-state index in [0.717, 1.165) is 0 Å². The number of nitrogens with zero attached hydrogens (tertiary/aromatic N) is 1. The van der Waals surface area contributed by atoms with Gasteiger partial charge in [-0.25, -0.2) is 9.18 Å². The molecule has 2 rings (SSSR count). The van der Waals surface area contributed by atoms with Gasteiger partial charge in [-0.2, -0.15) is 0 Å². The molecule has 6 heteroatoms. The van der Waals surface area contributed by atoms with Crippen molar-refractivity contribution < 1.29 is 23.8 Å². The molecule has 1 aromatic carbocycles. The van der Waals surface area contributed by atoms with Crippen molar-refractivity contribution in [3.8, 4) is 5.75 Å². The van der Waals surface area contributed by atoms with Gasteiger partial charge in [-0.1, -0.05) is 19.1 Å². The maximum Gasteiger partial charge on any atom is 0.326 e. The number of ether oxygens (including phenoxy) is 1. The minimum atomic E-state index is -1.01. The third-order valence-corrected chi connectivity index (χ3v) is 3.57. The zero-order valence-corrected chi connectivity index (χ0v) is 11.8. The van der Waals surface area contributed by atoms with Gasteiger partial charge in [0, 0.05) is 6.54 Å². The number of hydrogen-bond acceptors (Lipinski definition) is 3. The lowest BCUT2D eigenvalue weighted by Crippen LogP contribution is -2.47. The number of aliphatic carboxylic acids is 1. The molecule has 0 bridgehead atoms. The molecule has 0 saturated carbocycles. The van der Waals surface area contributed by atoms with E-state index in [-0.39, 0.29) is 5.75 Å². The van der Waals surface area contributed by atoms with Crippen LogP contribution in [0.3, 0.4) is 0 Å². The van der Waals surface area contributed by atoms with E-state index in [9.17, 15) is 14.0 Å². The van der Waals surface area contributed by atoms with Crippen molar-refractivity contribution in [3.05, 3.63) is 30.1 Å². The first kappa shape index (κ1) is 15.3. The number of benzene rings is 1. The van der Waals surface area contributed by atoms with E-state index >= 15 is 0 Å². The lowest BCUT2D eigenvalue weighted by Gasteiger charge is -2.26. The summed E-state index contributed by atoms with van der Waals surface area (Å²) in [5.41, 5.74) is 0. The Bertz CT molecular complexity index is 534. The number of hydrogen-bond donors (Lipinski definition) is 1. The molecule has 1 unspecified atom stereocenters. The van der Waals surface area contributed by atoms with Crippen LogP contribution >= 0.6 is 0 Å². The Hall–Kier alpha value is -2.11. The first-order valence-corrected chi connectivity index (χ1v) is 6.99. The van der Waals surface area contributed by atoms with Gasteiger partial charge in [0.1, 0.15) is 6.04 Å². The molecule has 5 nitrogen and oxygen atoms in total. The highest BCUT2D eigenvalue weighted by molar-refractivity contribution is 5.87. The van der Waals surface area contributed by atoms with Gasteiger partial charge in [0.15, 0.2) is 17.7 Å². The van der Waals surface area contributed by atoms with Gasteiger partial charge in [-0.05, 0) is 31.4 Å². The summed E-state index contributed by atoms with van der Waals surface area (Å²) in [7, 11) is 0. The van der Waals surface area contributed by atoms with Crippen molar-refractivity contribution in [1.29, 1.82) is 0 Å². The van der Waals surface area contributed by atoms with Crippen molar-refractivity contribution in [2.45, 2.75) is 38.3 Å². The smallest absolute Gasteiger partial charge is 0.326 e. The number of rotatable bonds is 5. The van der Waals surface area contributed by atoms with Crippen LogP contribution in [-0.4, -0.2) is 40.6 Å². The molecular weight excluding hydrogens is 277 g/mol. The lowest BCUT2D eigenvalue weighted by molar-refractivity contribution is -0.151. The SMILES string of the molecule is CCC(Oc1ccccc1F)C(=O)N1CCC[C@@H]1C(=O)O. The molecule has 0 radical (unpaired) electrons. The van der Waals surface area contributed by atoms with Gasteiger partial charge in [-0.15, -0.1) is 0 Å². The minimum Gasteiger partial charge on any atom is -0.480 e. The summed E-state index contributed by atoms with van der Waals surface area (Å²) in [6, 6.07) is 5.04. The Morgan fingerprint density at radius 1 is 1.48 bits per heavy atom. The van der Waals surface area contributed by atoms with Gasteiger partial charge >= 0.3 is 5.97 Å². The normalized spacial score (nSPS) is 19.3. The van der Waals surface area contributed by atoms with Gasteiger partial charge in [0.2, 0.25) is 0 Å². The Morgan fingerprint density at radius 3 is 2.81 bits per heavy atom. The molecule has 0 spiro atoms. The number of amides is 1. The average molecular weight is 295 g/mol. The van der Waals surface area contributed by atoms with Crippen LogP contribution in [0.4, 0.5) is 4.39 Å². The minimum absolute atomic E-state index is 0.00349. The summed E-state index contributed by atoms with van der Waals surface area (Å²) < 4.78 is 19.0. The van der Waals surface area contributed by atoms with Gasteiger partial charge < -0.3 is 14.7 Å². The van der Waals surface area contributed by atoms with Crippen molar-refractivity contribution >= 4 is 11.9 Å². The van der Waals surface area contributed by atoms with Gasteiger partial charge in [-0.3, -0.25) is 4.79 Å². The zero-order chi connectivity index (χ0) is 15.4. The molecular formula is C15H18FNO4. The van der Waals surface area contributed by atoms with Crippen LogP contribution in [0.5, 0.6) is 5.75 Å². The lowest BCUT2D eigenvalue weighted by atomic mass is 10.2. The highest BCUT2D eigenvalue weighted by Crippen LogP contribution is 2.23. The topological polar surface area (TPSA) is 66.8 Å². The van der Waals surface area contributed by atoms with Gasteiger partial charge in [0.25, 0.3) is 5.91 Å². The molecule has 1 heterocycles. The molecule has 21 heavy (non-hydrogen) atoms. The first-order chi connectivity index (χ1) is 10.0. The Kier molecular flexibility index (Phi) is 4.77. The van der Waals surface area contributed by atoms with E-state index in [2.05, 4.69) is 0 Å². The Morgan fingerprint density at radius 2 is 2.19 bits per heavy atom. The molecule has 1 aliphatic heterocycles. The van der Waals surface area contributed by atoms with E-state index in [1.165, 1.54) is 23.1 Å². The predicted molar refractivity (Wildman–Crippen MR) is 73.5 cm³/mol. The second-order valence-corrected chi connectivity index (χ2v) is 4.97. The number of para-hydroxylation sites is 1. The maximum atomic E-state index is 13.6. The van der Waals surface area contributed by atoms with Gasteiger partial charge in [0.05, 0.1) is 0 Å². The van der Waals surface area contributed by atoms with Crippen LogP contribution in [0.25, 0.3) is 0 Å². The number of carbonyl (C=O) groups excluding carboxylic acids is 1. The highest BCUT2D eigenvalue weighted by Gasteiger charge is 2.37. The fourth-order valence-corrected chi connectivity index (χ4v) is 2.47. The van der Waals surface area contributed by atoms with Crippen molar-refractivity contribution in [2.75, 3.05) is 6.54 Å². The number of likely N-dealkylation sites (tertiary alicyclic amines) is 1. The van der Waals surface area contributed by atoms with Crippen LogP contribution in [0, 0.1) is 5.82 Å². The number of carbonyl (C=O) groups is 2. The third-order valence-electron chi connectivity index (χ3n) is 3.57. The Labute approximate surface area is 122 Å². The molecule has 1 amide bonds.